The molecule has 0 saturated heterocycles. The van der Waals surface area contributed by atoms with Crippen LogP contribution in [0, 0.1) is 12.3 Å². The van der Waals surface area contributed by atoms with E-state index in [0.717, 1.165) is 0 Å². The number of rotatable bonds is 3. The number of halogens is 1. The van der Waals surface area contributed by atoms with Gasteiger partial charge in [-0.15, -0.1) is 0 Å². The van der Waals surface area contributed by atoms with Gasteiger partial charge < -0.3 is 10.2 Å². The summed E-state index contributed by atoms with van der Waals surface area (Å²) in [5, 5.41) is 20.9. The van der Waals surface area contributed by atoms with Crippen molar-refractivity contribution in [2.75, 3.05) is 0 Å². The number of hydrogen-bond donors (Lipinski definition) is 2. The van der Waals surface area contributed by atoms with Crippen LogP contribution in [0.2, 0.25) is 5.02 Å². The van der Waals surface area contributed by atoms with Gasteiger partial charge in [0.1, 0.15) is 5.75 Å². The zero-order chi connectivity index (χ0) is 20.8. The summed E-state index contributed by atoms with van der Waals surface area (Å²) in [6.45, 7) is 7.26. The minimum Gasteiger partial charge on any atom is -0.508 e. The molecule has 0 aliphatic heterocycles. The van der Waals surface area contributed by atoms with Gasteiger partial charge in [-0.1, -0.05) is 38.4 Å². The van der Waals surface area contributed by atoms with Crippen LogP contribution in [0.15, 0.2) is 42.5 Å². The number of aliphatic carboxylic acids is 1. The predicted molar refractivity (Wildman–Crippen MR) is 109 cm³/mol. The maximum absolute atomic E-state index is 13.3. The molecule has 0 aliphatic carbocycles. The zero-order valence-electron chi connectivity index (χ0n) is 16.2. The van der Waals surface area contributed by atoms with E-state index in [2.05, 4.69) is 0 Å². The zero-order valence-corrected chi connectivity index (χ0v) is 16.9. The average molecular weight is 400 g/mol. The number of aromatic nitrogens is 1. The van der Waals surface area contributed by atoms with Gasteiger partial charge in [0, 0.05) is 21.7 Å². The van der Waals surface area contributed by atoms with Crippen molar-refractivity contribution in [2.24, 2.45) is 5.41 Å². The molecule has 1 atom stereocenters. The Morgan fingerprint density at radius 1 is 1.11 bits per heavy atom. The molecule has 0 saturated carbocycles. The molecule has 0 fully saturated rings. The van der Waals surface area contributed by atoms with Crippen LogP contribution in [-0.2, 0) is 4.79 Å². The van der Waals surface area contributed by atoms with E-state index in [1.165, 1.54) is 16.7 Å². The van der Waals surface area contributed by atoms with Crippen LogP contribution in [0.5, 0.6) is 5.75 Å². The Labute approximate surface area is 168 Å². The first-order valence-electron chi connectivity index (χ1n) is 8.89. The van der Waals surface area contributed by atoms with Crippen molar-refractivity contribution < 1.29 is 19.8 Å². The fraction of sp³-hybridized carbons (Fsp3) is 0.273. The Balaban J connectivity index is 2.36. The summed E-state index contributed by atoms with van der Waals surface area (Å²) in [6.07, 6.45) is 0. The number of benzene rings is 2. The summed E-state index contributed by atoms with van der Waals surface area (Å²) in [5.41, 5.74) is 1.41. The Morgan fingerprint density at radius 3 is 2.36 bits per heavy atom. The largest absolute Gasteiger partial charge is 0.508 e. The highest BCUT2D eigenvalue weighted by Crippen LogP contribution is 2.42. The quantitative estimate of drug-likeness (QED) is 0.633. The monoisotopic (exact) mass is 399 g/mol. The summed E-state index contributed by atoms with van der Waals surface area (Å²) in [5.74, 6) is -2.13. The molecule has 1 heterocycles. The third kappa shape index (κ3) is 3.38. The van der Waals surface area contributed by atoms with E-state index in [-0.39, 0.29) is 11.7 Å². The first-order valence-corrected chi connectivity index (χ1v) is 9.27. The van der Waals surface area contributed by atoms with Crippen molar-refractivity contribution in [2.45, 2.75) is 33.6 Å². The minimum atomic E-state index is -0.979. The van der Waals surface area contributed by atoms with E-state index in [0.29, 0.717) is 32.7 Å². The van der Waals surface area contributed by atoms with Crippen molar-refractivity contribution in [1.82, 2.24) is 4.57 Å². The van der Waals surface area contributed by atoms with Crippen LogP contribution < -0.4 is 0 Å². The van der Waals surface area contributed by atoms with Crippen molar-refractivity contribution in [1.29, 1.82) is 0 Å². The number of nitrogens with zero attached hydrogens (tertiary/aromatic N) is 1. The molecule has 1 aromatic heterocycles. The summed E-state index contributed by atoms with van der Waals surface area (Å²) in [4.78, 5) is 25.4. The van der Waals surface area contributed by atoms with E-state index in [1.54, 1.807) is 37.3 Å². The maximum Gasteiger partial charge on any atom is 0.311 e. The summed E-state index contributed by atoms with van der Waals surface area (Å²) in [6, 6.07) is 11.2. The topological polar surface area (TPSA) is 79.5 Å². The smallest absolute Gasteiger partial charge is 0.311 e. The van der Waals surface area contributed by atoms with Gasteiger partial charge in [0.15, 0.2) is 0 Å². The second kappa shape index (κ2) is 6.99. The fourth-order valence-electron chi connectivity index (χ4n) is 3.73. The Kier molecular flexibility index (Phi) is 4.98. The van der Waals surface area contributed by atoms with E-state index in [9.17, 15) is 19.8 Å². The van der Waals surface area contributed by atoms with Gasteiger partial charge in [0.05, 0.1) is 11.4 Å². The molecule has 3 rings (SSSR count). The van der Waals surface area contributed by atoms with Gasteiger partial charge in [-0.3, -0.25) is 14.2 Å². The highest BCUT2D eigenvalue weighted by Gasteiger charge is 2.37. The van der Waals surface area contributed by atoms with Crippen molar-refractivity contribution >= 4 is 34.4 Å². The van der Waals surface area contributed by atoms with Crippen molar-refractivity contribution in [3.05, 3.63) is 64.3 Å². The average Bonchev–Trinajstić information content (AvgIpc) is 2.85. The van der Waals surface area contributed by atoms with Crippen LogP contribution in [0.25, 0.3) is 10.9 Å². The highest BCUT2D eigenvalue weighted by atomic mass is 35.5. The maximum atomic E-state index is 13.3. The van der Waals surface area contributed by atoms with E-state index in [4.69, 9.17) is 11.6 Å². The van der Waals surface area contributed by atoms with Gasteiger partial charge in [-0.05, 0) is 54.3 Å². The van der Waals surface area contributed by atoms with E-state index < -0.39 is 17.3 Å². The molecule has 3 aromatic rings. The van der Waals surface area contributed by atoms with Crippen molar-refractivity contribution in [3.8, 4) is 5.75 Å². The third-order valence-corrected chi connectivity index (χ3v) is 5.15. The van der Waals surface area contributed by atoms with E-state index in [1.807, 2.05) is 20.8 Å². The molecular weight excluding hydrogens is 378 g/mol. The minimum absolute atomic E-state index is 0.0131. The van der Waals surface area contributed by atoms with Gasteiger partial charge in [0.2, 0.25) is 0 Å². The molecule has 0 aliphatic rings. The number of fused-ring (bicyclic) bond motifs is 1. The number of carbonyl (C=O) groups excluding carboxylic acids is 1. The molecule has 2 aromatic carbocycles. The SMILES string of the molecule is Cc1c(C(C(=O)O)C(C)(C)C)c2cc(O)ccc2n1C(=O)c1cccc(Cl)c1. The summed E-state index contributed by atoms with van der Waals surface area (Å²) < 4.78 is 1.50. The molecule has 28 heavy (non-hydrogen) atoms. The van der Waals surface area contributed by atoms with Gasteiger partial charge in [-0.25, -0.2) is 0 Å². The second-order valence-electron chi connectivity index (χ2n) is 7.99. The summed E-state index contributed by atoms with van der Waals surface area (Å²) >= 11 is 6.04. The Hall–Kier alpha value is -2.79. The lowest BCUT2D eigenvalue weighted by atomic mass is 9.75. The number of carbonyl (C=O) groups is 2. The molecular formula is C22H22ClNO4. The number of carboxylic acids is 1. The molecule has 2 N–H and O–H groups in total. The molecule has 0 radical (unpaired) electrons. The van der Waals surface area contributed by atoms with Crippen molar-refractivity contribution in [3.63, 3.8) is 0 Å². The second-order valence-corrected chi connectivity index (χ2v) is 8.43. The molecule has 1 unspecified atom stereocenters. The van der Waals surface area contributed by atoms with Gasteiger partial charge in [-0.2, -0.15) is 0 Å². The number of hydrogen-bond acceptors (Lipinski definition) is 3. The molecule has 5 nitrogen and oxygen atoms in total. The predicted octanol–water partition coefficient (Wildman–Crippen LogP) is 5.21. The number of aromatic hydroxyl groups is 1. The number of phenolic OH excluding ortho intramolecular Hbond substituents is 1. The van der Waals surface area contributed by atoms with Crippen LogP contribution in [0.1, 0.15) is 48.3 Å². The molecule has 0 spiro atoms. The normalized spacial score (nSPS) is 12.9. The number of phenols is 1. The molecule has 146 valence electrons. The summed E-state index contributed by atoms with van der Waals surface area (Å²) in [7, 11) is 0. The molecule has 0 amide bonds. The lowest BCUT2D eigenvalue weighted by Crippen LogP contribution is -2.27. The van der Waals surface area contributed by atoms with Crippen LogP contribution in [0.4, 0.5) is 0 Å². The first-order chi connectivity index (χ1) is 13.0. The van der Waals surface area contributed by atoms with Gasteiger partial charge in [0.25, 0.3) is 5.91 Å². The number of carboxylic acid groups (broad SMARTS) is 1. The standard InChI is InChI=1S/C22H22ClNO4/c1-12-18(19(21(27)28)22(2,3)4)16-11-15(25)8-9-17(16)24(12)20(26)13-6-5-7-14(23)10-13/h5-11,19,25H,1-4H3,(H,27,28). The lowest BCUT2D eigenvalue weighted by molar-refractivity contribution is -0.141. The molecule has 0 bridgehead atoms. The van der Waals surface area contributed by atoms with Crippen LogP contribution in [0.3, 0.4) is 0 Å². The first kappa shape index (κ1) is 20.0. The lowest BCUT2D eigenvalue weighted by Gasteiger charge is -2.27. The van der Waals surface area contributed by atoms with Gasteiger partial charge >= 0.3 is 5.97 Å². The third-order valence-electron chi connectivity index (χ3n) is 4.91. The van der Waals surface area contributed by atoms with E-state index >= 15 is 0 Å². The fourth-order valence-corrected chi connectivity index (χ4v) is 3.92. The van der Waals surface area contributed by atoms with Crippen LogP contribution >= 0.6 is 11.6 Å². The Bertz CT molecular complexity index is 1090. The Morgan fingerprint density at radius 2 is 1.79 bits per heavy atom. The highest BCUT2D eigenvalue weighted by molar-refractivity contribution is 6.31. The molecule has 6 heteroatoms. The van der Waals surface area contributed by atoms with Crippen LogP contribution in [-0.4, -0.2) is 26.7 Å².